The van der Waals surface area contributed by atoms with Gasteiger partial charge in [0.2, 0.25) is 6.71 Å². The van der Waals surface area contributed by atoms with Gasteiger partial charge in [-0.3, -0.25) is 0 Å². The molecule has 4 aliphatic rings. The third kappa shape index (κ3) is 3.04. The van der Waals surface area contributed by atoms with Gasteiger partial charge in [0, 0.05) is 25.5 Å². The van der Waals surface area contributed by atoms with E-state index in [0.29, 0.717) is 5.41 Å². The van der Waals surface area contributed by atoms with Gasteiger partial charge in [-0.15, -0.1) is 11.5 Å². The van der Waals surface area contributed by atoms with Gasteiger partial charge >= 0.3 is 0 Å². The molecular weight excluding hydrogens is 622 g/mol. The first-order valence-electron chi connectivity index (χ1n) is 11.6. The zero-order valence-corrected chi connectivity index (χ0v) is 21.9. The first kappa shape index (κ1) is 21.6. The molecule has 2 aliphatic heterocycles. The second-order valence-corrected chi connectivity index (χ2v) is 9.46. The van der Waals surface area contributed by atoms with Crippen molar-refractivity contribution in [3.63, 3.8) is 0 Å². The van der Waals surface area contributed by atoms with E-state index in [0.717, 1.165) is 39.9 Å². The van der Waals surface area contributed by atoms with Gasteiger partial charge in [0.05, 0.1) is 0 Å². The molecule has 3 aromatic carbocycles. The summed E-state index contributed by atoms with van der Waals surface area (Å²) in [6.07, 6.45) is 6.83. The molecular formula is C28H27AmBO2-2. The molecule has 4 heteroatoms. The summed E-state index contributed by atoms with van der Waals surface area (Å²) < 4.78 is 12.8. The molecule has 0 saturated heterocycles. The van der Waals surface area contributed by atoms with Crippen molar-refractivity contribution in [3.05, 3.63) is 72.6 Å². The second kappa shape index (κ2) is 7.94. The molecule has 2 heterocycles. The molecule has 0 aromatic heterocycles. The minimum atomic E-state index is 0. The Morgan fingerprint density at radius 3 is 2.31 bits per heavy atom. The van der Waals surface area contributed by atoms with Crippen molar-refractivity contribution in [1.82, 2.24) is 0 Å². The van der Waals surface area contributed by atoms with Crippen molar-refractivity contribution in [2.24, 2.45) is 5.92 Å². The van der Waals surface area contributed by atoms with Crippen LogP contribution in [0.3, 0.4) is 0 Å². The van der Waals surface area contributed by atoms with Crippen LogP contribution in [0, 0.1) is 40.1 Å². The topological polar surface area (TPSA) is 18.5 Å². The van der Waals surface area contributed by atoms with E-state index < -0.39 is 0 Å². The molecule has 2 saturated carbocycles. The van der Waals surface area contributed by atoms with Crippen LogP contribution in [0.1, 0.15) is 50.2 Å². The molecule has 0 amide bonds. The van der Waals surface area contributed by atoms with Gasteiger partial charge in [0.1, 0.15) is 17.2 Å². The van der Waals surface area contributed by atoms with Crippen molar-refractivity contribution in [2.75, 3.05) is 0 Å². The van der Waals surface area contributed by atoms with Crippen molar-refractivity contribution in [2.45, 2.75) is 51.4 Å². The number of ether oxygens (including phenoxy) is 2. The minimum Gasteiger partial charge on any atom is -0.518 e. The average Bonchev–Trinajstić information content (AvgIpc) is 3.42. The summed E-state index contributed by atoms with van der Waals surface area (Å²) in [6, 6.07) is 20.6. The van der Waals surface area contributed by atoms with Crippen LogP contribution in [-0.4, -0.2) is 6.71 Å². The Bertz CT molecular complexity index is 1180. The predicted molar refractivity (Wildman–Crippen MR) is 127 cm³/mol. The number of fused-ring (bicyclic) bond motifs is 6. The van der Waals surface area contributed by atoms with Crippen molar-refractivity contribution >= 4 is 23.1 Å². The summed E-state index contributed by atoms with van der Waals surface area (Å²) in [5.74, 6) is 4.74. The van der Waals surface area contributed by atoms with Gasteiger partial charge in [0.25, 0.3) is 0 Å². The minimum absolute atomic E-state index is 0. The van der Waals surface area contributed by atoms with Crippen LogP contribution in [0.4, 0.5) is 0 Å². The Balaban J connectivity index is 0.000000702. The number of benzene rings is 3. The summed E-state index contributed by atoms with van der Waals surface area (Å²) in [5, 5.41) is 0. The average molecular weight is 649 g/mol. The monoisotopic (exact) mass is 647 g/mol. The quantitative estimate of drug-likeness (QED) is 0.184. The van der Waals surface area contributed by atoms with Crippen LogP contribution in [0.15, 0.2) is 48.5 Å². The molecule has 32 heavy (non-hydrogen) atoms. The van der Waals surface area contributed by atoms with Crippen LogP contribution in [0.5, 0.6) is 23.0 Å². The Morgan fingerprint density at radius 1 is 0.938 bits per heavy atom. The third-order valence-electron chi connectivity index (χ3n) is 7.82. The van der Waals surface area contributed by atoms with E-state index in [1.54, 1.807) is 6.92 Å². The first-order chi connectivity index (χ1) is 15.2. The second-order valence-electron chi connectivity index (χ2n) is 9.46. The van der Waals surface area contributed by atoms with Crippen molar-refractivity contribution in [3.8, 4) is 23.0 Å². The van der Waals surface area contributed by atoms with E-state index in [9.17, 15) is 0 Å². The van der Waals surface area contributed by atoms with Gasteiger partial charge in [0.15, 0.2) is 0 Å². The first-order valence-corrected chi connectivity index (χ1v) is 11.6. The van der Waals surface area contributed by atoms with E-state index in [1.807, 2.05) is 12.1 Å². The maximum absolute atomic E-state index is 6.54. The maximum atomic E-state index is 6.54. The molecule has 1 radical (unpaired) electrons. The number of hydrogen-bond acceptors (Lipinski definition) is 2. The van der Waals surface area contributed by atoms with Crippen molar-refractivity contribution < 1.29 is 23.8 Å². The molecule has 0 unspecified atom stereocenters. The van der Waals surface area contributed by atoms with E-state index in [2.05, 4.69) is 56.3 Å². The van der Waals surface area contributed by atoms with E-state index >= 15 is 0 Å². The summed E-state index contributed by atoms with van der Waals surface area (Å²) in [4.78, 5) is 0. The Hall–Kier alpha value is -2.29. The fraction of sp³-hybridized carbons (Fsp3) is 0.321. The van der Waals surface area contributed by atoms with Gasteiger partial charge in [-0.05, 0) is 85.1 Å². The zero-order valence-electron chi connectivity index (χ0n) is 18.7. The third-order valence-corrected chi connectivity index (χ3v) is 7.82. The molecule has 7 rings (SSSR count). The molecule has 0 atom stereocenters. The predicted octanol–water partition coefficient (Wildman–Crippen LogP) is 5.19. The Morgan fingerprint density at radius 2 is 1.62 bits per heavy atom. The van der Waals surface area contributed by atoms with Gasteiger partial charge < -0.3 is 16.4 Å². The number of aryl methyl sites for hydroxylation is 1. The Labute approximate surface area is 199 Å². The summed E-state index contributed by atoms with van der Waals surface area (Å²) >= 11 is 0. The summed E-state index contributed by atoms with van der Waals surface area (Å²) in [7, 11) is 0. The summed E-state index contributed by atoms with van der Waals surface area (Å²) in [5.41, 5.74) is 6.66. The van der Waals surface area contributed by atoms with Crippen LogP contribution in [0.2, 0.25) is 0 Å². The Kier molecular flexibility index (Phi) is 5.35. The molecule has 2 bridgehead atoms. The van der Waals surface area contributed by atoms with Crippen LogP contribution < -0.4 is 25.9 Å². The molecule has 2 fully saturated rings. The SMILES string of the molecule is Cc1cc2c3c(c1)Oc1cc(C45CCC(CC4)C5)ccc1B3c1cc[c-]cc1O2.[Am].[CH2-]C. The number of rotatable bonds is 1. The molecule has 2 nitrogen and oxygen atoms in total. The van der Waals surface area contributed by atoms with Crippen molar-refractivity contribution in [1.29, 1.82) is 0 Å². The van der Waals surface area contributed by atoms with Gasteiger partial charge in [-0.25, -0.2) is 0 Å². The molecule has 3 aromatic rings. The van der Waals surface area contributed by atoms with E-state index in [1.165, 1.54) is 48.6 Å². The van der Waals surface area contributed by atoms with Gasteiger partial charge in [-0.1, -0.05) is 12.1 Å². The fourth-order valence-electron chi connectivity index (χ4n) is 6.44. The van der Waals surface area contributed by atoms with Crippen LogP contribution in [0.25, 0.3) is 0 Å². The van der Waals surface area contributed by atoms with E-state index in [4.69, 9.17) is 9.47 Å². The van der Waals surface area contributed by atoms with Gasteiger partial charge in [-0.2, -0.15) is 25.1 Å². The maximum Gasteiger partial charge on any atom is 0.235 e. The molecule has 2 aliphatic carbocycles. The molecule has 163 valence electrons. The smallest absolute Gasteiger partial charge is 0.235 e. The standard InChI is InChI=1S/C26H22BO2.C2H5.Am/c1-16-12-23-25-24(13-16)29-22-14-18(26-10-8-17(15-26)9-11-26)6-7-20(22)27(25)19-4-2-3-5-21(19)28-23;1-2;/h2,4-7,12-14,17H,8-11,15H2,1H3;1H2,2H3;/q2*-1;. The van der Waals surface area contributed by atoms with Crippen LogP contribution >= 0.6 is 0 Å². The fourth-order valence-corrected chi connectivity index (χ4v) is 6.44. The van der Waals surface area contributed by atoms with Crippen LogP contribution in [-0.2, 0) is 5.41 Å². The normalized spacial score (nSPS) is 22.8. The number of hydrogen-bond donors (Lipinski definition) is 0. The largest absolute Gasteiger partial charge is 0.518 e. The summed E-state index contributed by atoms with van der Waals surface area (Å²) in [6.45, 7) is 7.27. The molecule has 0 N–H and O–H groups in total. The molecule has 0 spiro atoms. The zero-order chi connectivity index (χ0) is 21.2. The van der Waals surface area contributed by atoms with E-state index in [-0.39, 0.29) is 21.0 Å².